The summed E-state index contributed by atoms with van der Waals surface area (Å²) >= 11 is 3.50. The average Bonchev–Trinajstić information content (AvgIpc) is 2.76. The van der Waals surface area contributed by atoms with E-state index in [0.717, 1.165) is 29.5 Å². The normalized spacial score (nSPS) is 19.4. The van der Waals surface area contributed by atoms with Crippen LogP contribution < -0.4 is 4.74 Å². The van der Waals surface area contributed by atoms with Gasteiger partial charge in [-0.05, 0) is 68.1 Å². The predicted molar refractivity (Wildman–Crippen MR) is 132 cm³/mol. The Labute approximate surface area is 189 Å². The van der Waals surface area contributed by atoms with E-state index in [4.69, 9.17) is 4.74 Å². The molecule has 0 unspecified atom stereocenters. The van der Waals surface area contributed by atoms with Gasteiger partial charge in [0, 0.05) is 5.33 Å². The third kappa shape index (κ3) is 10.9. The van der Waals surface area contributed by atoms with Crippen molar-refractivity contribution in [2.24, 2.45) is 5.92 Å². The molecule has 1 nitrogen and oxygen atoms in total. The predicted octanol–water partition coefficient (Wildman–Crippen LogP) is 9.44. The number of alkyl halides is 1. The van der Waals surface area contributed by atoms with Crippen LogP contribution in [-0.4, -0.2) is 11.9 Å². The fourth-order valence-electron chi connectivity index (χ4n) is 4.75. The van der Waals surface area contributed by atoms with Crippen molar-refractivity contribution in [3.63, 3.8) is 0 Å². The summed E-state index contributed by atoms with van der Waals surface area (Å²) in [5.41, 5.74) is 1.53. The first-order chi connectivity index (χ1) is 14.3. The van der Waals surface area contributed by atoms with E-state index in [9.17, 15) is 0 Å². The number of hydrogen-bond acceptors (Lipinski definition) is 1. The quantitative estimate of drug-likeness (QED) is 0.174. The Bertz CT molecular complexity index is 490. The van der Waals surface area contributed by atoms with Gasteiger partial charge in [0.1, 0.15) is 5.75 Å². The van der Waals surface area contributed by atoms with Crippen molar-refractivity contribution in [1.29, 1.82) is 0 Å². The molecule has 0 N–H and O–H groups in total. The van der Waals surface area contributed by atoms with Gasteiger partial charge in [-0.15, -0.1) is 0 Å². The van der Waals surface area contributed by atoms with Crippen LogP contribution in [0.15, 0.2) is 24.3 Å². The summed E-state index contributed by atoms with van der Waals surface area (Å²) in [7, 11) is 0. The van der Waals surface area contributed by atoms with E-state index < -0.39 is 0 Å². The van der Waals surface area contributed by atoms with Gasteiger partial charge in [0.25, 0.3) is 0 Å². The van der Waals surface area contributed by atoms with Gasteiger partial charge in [0.15, 0.2) is 0 Å². The second-order valence-corrected chi connectivity index (χ2v) is 9.94. The van der Waals surface area contributed by atoms with E-state index >= 15 is 0 Å². The Balaban J connectivity index is 1.53. The van der Waals surface area contributed by atoms with E-state index in [1.807, 2.05) is 0 Å². The Morgan fingerprint density at radius 2 is 1.38 bits per heavy atom. The Hall–Kier alpha value is -0.500. The van der Waals surface area contributed by atoms with Crippen LogP contribution in [0.1, 0.15) is 121 Å². The highest BCUT2D eigenvalue weighted by Crippen LogP contribution is 2.38. The summed E-state index contributed by atoms with van der Waals surface area (Å²) < 4.78 is 5.97. The summed E-state index contributed by atoms with van der Waals surface area (Å²) in [6.07, 6.45) is 22.0. The molecule has 1 aliphatic carbocycles. The molecule has 0 spiro atoms. The maximum absolute atomic E-state index is 5.97. The molecular formula is C27H45BrO. The number of halogens is 1. The number of hydrogen-bond donors (Lipinski definition) is 0. The second-order valence-electron chi connectivity index (χ2n) is 9.15. The van der Waals surface area contributed by atoms with Crippen LogP contribution in [0.2, 0.25) is 0 Å². The number of rotatable bonds is 16. The van der Waals surface area contributed by atoms with Gasteiger partial charge in [-0.25, -0.2) is 0 Å². The first kappa shape index (κ1) is 24.8. The fourth-order valence-corrected chi connectivity index (χ4v) is 5.15. The molecule has 0 bridgehead atoms. The van der Waals surface area contributed by atoms with Crippen LogP contribution in [0.5, 0.6) is 5.75 Å². The van der Waals surface area contributed by atoms with Crippen molar-refractivity contribution in [1.82, 2.24) is 0 Å². The molecule has 0 aliphatic heterocycles. The third-order valence-electron chi connectivity index (χ3n) is 6.71. The third-order valence-corrected chi connectivity index (χ3v) is 7.27. The topological polar surface area (TPSA) is 9.23 Å². The van der Waals surface area contributed by atoms with Crippen LogP contribution >= 0.6 is 15.9 Å². The SMILES string of the molecule is CCCCCC1CCC(c2ccc(OCCCCCCCCCCBr)cc2)CC1. The van der Waals surface area contributed by atoms with Gasteiger partial charge in [0.05, 0.1) is 6.61 Å². The summed E-state index contributed by atoms with van der Waals surface area (Å²) in [4.78, 5) is 0. The zero-order chi connectivity index (χ0) is 20.6. The highest BCUT2D eigenvalue weighted by atomic mass is 79.9. The standard InChI is InChI=1S/C27H45BrO/c1-2-3-10-13-24-14-16-25(17-15-24)26-18-20-27(21-19-26)29-23-12-9-7-5-4-6-8-11-22-28/h18-21,24-25H,2-17,22-23H2,1H3. The molecule has 0 saturated heterocycles. The van der Waals surface area contributed by atoms with E-state index in [1.54, 1.807) is 0 Å². The summed E-state index contributed by atoms with van der Waals surface area (Å²) in [6, 6.07) is 9.05. The molecular weight excluding hydrogens is 420 g/mol. The van der Waals surface area contributed by atoms with Crippen molar-refractivity contribution >= 4 is 15.9 Å². The van der Waals surface area contributed by atoms with Crippen LogP contribution in [0.25, 0.3) is 0 Å². The molecule has 0 aromatic heterocycles. The lowest BCUT2D eigenvalue weighted by atomic mass is 9.77. The van der Waals surface area contributed by atoms with Gasteiger partial charge >= 0.3 is 0 Å². The lowest BCUT2D eigenvalue weighted by Gasteiger charge is -2.29. The molecule has 29 heavy (non-hydrogen) atoms. The first-order valence-corrected chi connectivity index (χ1v) is 13.7. The van der Waals surface area contributed by atoms with E-state index in [-0.39, 0.29) is 0 Å². The Morgan fingerprint density at radius 1 is 0.759 bits per heavy atom. The highest BCUT2D eigenvalue weighted by molar-refractivity contribution is 9.09. The molecule has 0 radical (unpaired) electrons. The van der Waals surface area contributed by atoms with Crippen molar-refractivity contribution in [2.75, 3.05) is 11.9 Å². The monoisotopic (exact) mass is 464 g/mol. The average molecular weight is 466 g/mol. The minimum atomic E-state index is 0.779. The van der Waals surface area contributed by atoms with Crippen molar-refractivity contribution in [3.8, 4) is 5.75 Å². The maximum atomic E-state index is 5.97. The van der Waals surface area contributed by atoms with E-state index in [2.05, 4.69) is 47.1 Å². The zero-order valence-electron chi connectivity index (χ0n) is 19.0. The van der Waals surface area contributed by atoms with E-state index in [1.165, 1.54) is 108 Å². The number of ether oxygens (including phenoxy) is 1. The highest BCUT2D eigenvalue weighted by Gasteiger charge is 2.21. The molecule has 1 saturated carbocycles. The van der Waals surface area contributed by atoms with Crippen molar-refractivity contribution in [2.45, 2.75) is 116 Å². The van der Waals surface area contributed by atoms with Gasteiger partial charge in [0.2, 0.25) is 0 Å². The zero-order valence-corrected chi connectivity index (χ0v) is 20.6. The van der Waals surface area contributed by atoms with Crippen molar-refractivity contribution in [3.05, 3.63) is 29.8 Å². The molecule has 2 rings (SSSR count). The molecule has 1 aromatic carbocycles. The molecule has 0 amide bonds. The summed E-state index contributed by atoms with van der Waals surface area (Å²) in [5, 5.41) is 1.16. The molecule has 1 aromatic rings. The minimum absolute atomic E-state index is 0.779. The fraction of sp³-hybridized carbons (Fsp3) is 0.778. The van der Waals surface area contributed by atoms with E-state index in [0.29, 0.717) is 0 Å². The molecule has 0 atom stereocenters. The van der Waals surface area contributed by atoms with Gasteiger partial charge < -0.3 is 4.74 Å². The van der Waals surface area contributed by atoms with Crippen LogP contribution in [0.3, 0.4) is 0 Å². The Kier molecular flexibility index (Phi) is 13.9. The first-order valence-electron chi connectivity index (χ1n) is 12.6. The second kappa shape index (κ2) is 16.2. The molecule has 2 heteroatoms. The van der Waals surface area contributed by atoms with Crippen LogP contribution in [-0.2, 0) is 0 Å². The van der Waals surface area contributed by atoms with Crippen LogP contribution in [0, 0.1) is 5.92 Å². The smallest absolute Gasteiger partial charge is 0.119 e. The van der Waals surface area contributed by atoms with Crippen molar-refractivity contribution < 1.29 is 4.74 Å². The molecule has 1 fully saturated rings. The number of benzene rings is 1. The van der Waals surface area contributed by atoms with Gasteiger partial charge in [-0.1, -0.05) is 99.2 Å². The number of unbranched alkanes of at least 4 members (excludes halogenated alkanes) is 9. The molecule has 1 aliphatic rings. The molecule has 0 heterocycles. The summed E-state index contributed by atoms with van der Waals surface area (Å²) in [6.45, 7) is 3.17. The lowest BCUT2D eigenvalue weighted by Crippen LogP contribution is -2.13. The Morgan fingerprint density at radius 3 is 2.00 bits per heavy atom. The van der Waals surface area contributed by atoms with Crippen LogP contribution in [0.4, 0.5) is 0 Å². The van der Waals surface area contributed by atoms with Gasteiger partial charge in [-0.2, -0.15) is 0 Å². The maximum Gasteiger partial charge on any atom is 0.119 e. The van der Waals surface area contributed by atoms with Gasteiger partial charge in [-0.3, -0.25) is 0 Å². The minimum Gasteiger partial charge on any atom is -0.494 e. The summed E-state index contributed by atoms with van der Waals surface area (Å²) in [5.74, 6) is 2.83. The molecule has 166 valence electrons. The largest absolute Gasteiger partial charge is 0.494 e. The lowest BCUT2D eigenvalue weighted by molar-refractivity contribution is 0.299.